The minimum absolute atomic E-state index is 0.00482. The fourth-order valence-electron chi connectivity index (χ4n) is 2.83. The van der Waals surface area contributed by atoms with Crippen molar-refractivity contribution in [3.8, 4) is 0 Å². The summed E-state index contributed by atoms with van der Waals surface area (Å²) in [5, 5.41) is 6.05. The SMILES string of the molecule is CC(C)n1c(CC2NCCNC2=O)nc2ccc(F)cc21. The summed E-state index contributed by atoms with van der Waals surface area (Å²) in [5.41, 5.74) is 1.53. The van der Waals surface area contributed by atoms with Gasteiger partial charge in [0.15, 0.2) is 0 Å². The molecule has 1 aliphatic heterocycles. The molecule has 0 aliphatic carbocycles. The maximum absolute atomic E-state index is 13.5. The number of carbonyl (C=O) groups excluding carboxylic acids is 1. The summed E-state index contributed by atoms with van der Waals surface area (Å²) < 4.78 is 15.5. The van der Waals surface area contributed by atoms with Gasteiger partial charge in [-0.1, -0.05) is 0 Å². The number of benzene rings is 1. The van der Waals surface area contributed by atoms with Crippen LogP contribution >= 0.6 is 0 Å². The zero-order valence-corrected chi connectivity index (χ0v) is 12.2. The van der Waals surface area contributed by atoms with Gasteiger partial charge in [0.2, 0.25) is 5.91 Å². The van der Waals surface area contributed by atoms with Crippen LogP contribution in [0.25, 0.3) is 11.0 Å². The van der Waals surface area contributed by atoms with Gasteiger partial charge in [-0.05, 0) is 32.0 Å². The summed E-state index contributed by atoms with van der Waals surface area (Å²) in [4.78, 5) is 16.5. The molecule has 0 bridgehead atoms. The van der Waals surface area contributed by atoms with E-state index in [4.69, 9.17) is 0 Å². The Kier molecular flexibility index (Phi) is 3.63. The van der Waals surface area contributed by atoms with Crippen LogP contribution in [0.4, 0.5) is 4.39 Å². The van der Waals surface area contributed by atoms with Crippen LogP contribution in [0.15, 0.2) is 18.2 Å². The third-order valence-corrected chi connectivity index (χ3v) is 3.76. The van der Waals surface area contributed by atoms with Crippen molar-refractivity contribution in [3.63, 3.8) is 0 Å². The summed E-state index contributed by atoms with van der Waals surface area (Å²) in [7, 11) is 0. The summed E-state index contributed by atoms with van der Waals surface area (Å²) >= 11 is 0. The summed E-state index contributed by atoms with van der Waals surface area (Å²) in [5.74, 6) is 0.527. The Morgan fingerprint density at radius 1 is 1.43 bits per heavy atom. The van der Waals surface area contributed by atoms with E-state index >= 15 is 0 Å². The van der Waals surface area contributed by atoms with Crippen LogP contribution in [-0.2, 0) is 11.2 Å². The van der Waals surface area contributed by atoms with Crippen LogP contribution in [-0.4, -0.2) is 34.6 Å². The first-order valence-corrected chi connectivity index (χ1v) is 7.23. The minimum atomic E-state index is -0.280. The topological polar surface area (TPSA) is 59.0 Å². The van der Waals surface area contributed by atoms with E-state index in [1.54, 1.807) is 6.07 Å². The maximum Gasteiger partial charge on any atom is 0.237 e. The van der Waals surface area contributed by atoms with Gasteiger partial charge < -0.3 is 15.2 Å². The average Bonchev–Trinajstić information content (AvgIpc) is 2.78. The van der Waals surface area contributed by atoms with E-state index in [0.717, 1.165) is 23.4 Å². The number of carbonyl (C=O) groups is 1. The Morgan fingerprint density at radius 2 is 2.24 bits per heavy atom. The molecule has 21 heavy (non-hydrogen) atoms. The lowest BCUT2D eigenvalue weighted by Crippen LogP contribution is -2.54. The van der Waals surface area contributed by atoms with Gasteiger partial charge >= 0.3 is 0 Å². The fraction of sp³-hybridized carbons (Fsp3) is 0.467. The number of rotatable bonds is 3. The second kappa shape index (κ2) is 5.44. The molecule has 1 fully saturated rings. The van der Waals surface area contributed by atoms with Gasteiger partial charge in [-0.25, -0.2) is 9.37 Å². The highest BCUT2D eigenvalue weighted by Gasteiger charge is 2.25. The van der Waals surface area contributed by atoms with Crippen molar-refractivity contribution in [2.24, 2.45) is 0 Å². The number of nitrogens with zero attached hydrogens (tertiary/aromatic N) is 2. The first-order chi connectivity index (χ1) is 10.1. The zero-order chi connectivity index (χ0) is 15.0. The molecule has 2 heterocycles. The molecule has 3 rings (SSSR count). The number of hydrogen-bond donors (Lipinski definition) is 2. The number of halogens is 1. The van der Waals surface area contributed by atoms with Crippen molar-refractivity contribution in [2.75, 3.05) is 13.1 Å². The van der Waals surface area contributed by atoms with E-state index in [1.807, 2.05) is 18.4 Å². The van der Waals surface area contributed by atoms with Gasteiger partial charge in [0.1, 0.15) is 11.6 Å². The molecule has 1 unspecified atom stereocenters. The molecule has 2 aromatic rings. The lowest BCUT2D eigenvalue weighted by atomic mass is 10.1. The molecule has 1 aliphatic rings. The van der Waals surface area contributed by atoms with Crippen molar-refractivity contribution >= 4 is 16.9 Å². The largest absolute Gasteiger partial charge is 0.353 e. The Hall–Kier alpha value is -1.95. The maximum atomic E-state index is 13.5. The fourth-order valence-corrected chi connectivity index (χ4v) is 2.83. The number of piperazine rings is 1. The molecule has 0 saturated carbocycles. The Labute approximate surface area is 122 Å². The lowest BCUT2D eigenvalue weighted by molar-refractivity contribution is -0.124. The van der Waals surface area contributed by atoms with Gasteiger partial charge in [0, 0.05) is 25.6 Å². The molecule has 1 amide bonds. The summed E-state index contributed by atoms with van der Waals surface area (Å²) in [6, 6.07) is 4.47. The number of nitrogens with one attached hydrogen (secondary N) is 2. The molecule has 0 radical (unpaired) electrons. The van der Waals surface area contributed by atoms with Gasteiger partial charge in [0.25, 0.3) is 0 Å². The molecule has 1 saturated heterocycles. The Morgan fingerprint density at radius 3 is 2.95 bits per heavy atom. The normalized spacial score (nSPS) is 19.2. The van der Waals surface area contributed by atoms with Crippen LogP contribution < -0.4 is 10.6 Å². The second-order valence-electron chi connectivity index (χ2n) is 5.63. The van der Waals surface area contributed by atoms with Crippen LogP contribution in [0.5, 0.6) is 0 Å². The molecule has 0 spiro atoms. The Balaban J connectivity index is 2.01. The van der Waals surface area contributed by atoms with Gasteiger partial charge in [0.05, 0.1) is 17.1 Å². The standard InChI is InChI=1S/C15H19FN4O/c1-9(2)20-13-7-10(16)3-4-11(13)19-14(20)8-12-15(21)18-6-5-17-12/h3-4,7,9,12,17H,5-6,8H2,1-2H3,(H,18,21). The molecule has 6 heteroatoms. The quantitative estimate of drug-likeness (QED) is 0.898. The second-order valence-corrected chi connectivity index (χ2v) is 5.63. The van der Waals surface area contributed by atoms with Crippen molar-refractivity contribution in [2.45, 2.75) is 32.4 Å². The van der Waals surface area contributed by atoms with Gasteiger partial charge in [-0.3, -0.25) is 4.79 Å². The first-order valence-electron chi connectivity index (χ1n) is 7.23. The number of imidazole rings is 1. The van der Waals surface area contributed by atoms with Crippen molar-refractivity contribution in [1.29, 1.82) is 0 Å². The van der Waals surface area contributed by atoms with E-state index in [0.29, 0.717) is 13.0 Å². The molecule has 1 aromatic carbocycles. The minimum Gasteiger partial charge on any atom is -0.353 e. The van der Waals surface area contributed by atoms with Crippen LogP contribution in [0.2, 0.25) is 0 Å². The van der Waals surface area contributed by atoms with Crippen LogP contribution in [0.1, 0.15) is 25.7 Å². The van der Waals surface area contributed by atoms with E-state index in [-0.39, 0.29) is 23.8 Å². The number of aromatic nitrogens is 2. The highest BCUT2D eigenvalue weighted by molar-refractivity contribution is 5.83. The van der Waals surface area contributed by atoms with E-state index in [9.17, 15) is 9.18 Å². The molecular formula is C15H19FN4O. The predicted octanol–water partition coefficient (Wildman–Crippen LogP) is 1.39. The number of hydrogen-bond acceptors (Lipinski definition) is 3. The van der Waals surface area contributed by atoms with E-state index in [2.05, 4.69) is 15.6 Å². The number of fused-ring (bicyclic) bond motifs is 1. The van der Waals surface area contributed by atoms with Crippen LogP contribution in [0, 0.1) is 5.82 Å². The van der Waals surface area contributed by atoms with E-state index < -0.39 is 0 Å². The van der Waals surface area contributed by atoms with Crippen molar-refractivity contribution < 1.29 is 9.18 Å². The zero-order valence-electron chi connectivity index (χ0n) is 12.2. The highest BCUT2D eigenvalue weighted by atomic mass is 19.1. The Bertz CT molecular complexity index is 680. The highest BCUT2D eigenvalue weighted by Crippen LogP contribution is 2.23. The van der Waals surface area contributed by atoms with E-state index in [1.165, 1.54) is 12.1 Å². The third-order valence-electron chi connectivity index (χ3n) is 3.76. The smallest absolute Gasteiger partial charge is 0.237 e. The van der Waals surface area contributed by atoms with Gasteiger partial charge in [-0.15, -0.1) is 0 Å². The lowest BCUT2D eigenvalue weighted by Gasteiger charge is -2.24. The summed E-state index contributed by atoms with van der Waals surface area (Å²) in [6.07, 6.45) is 0.500. The molecule has 2 N–H and O–H groups in total. The molecule has 112 valence electrons. The average molecular weight is 290 g/mol. The molecular weight excluding hydrogens is 271 g/mol. The van der Waals surface area contributed by atoms with Gasteiger partial charge in [-0.2, -0.15) is 0 Å². The monoisotopic (exact) mass is 290 g/mol. The molecule has 5 nitrogen and oxygen atoms in total. The third kappa shape index (κ3) is 2.63. The first kappa shape index (κ1) is 14.0. The summed E-state index contributed by atoms with van der Waals surface area (Å²) in [6.45, 7) is 5.47. The predicted molar refractivity (Wildman–Crippen MR) is 78.6 cm³/mol. The molecule has 1 atom stereocenters. The number of amides is 1. The van der Waals surface area contributed by atoms with Crippen molar-refractivity contribution in [1.82, 2.24) is 20.2 Å². The van der Waals surface area contributed by atoms with Crippen molar-refractivity contribution in [3.05, 3.63) is 29.8 Å². The molecule has 1 aromatic heterocycles. The van der Waals surface area contributed by atoms with Crippen LogP contribution in [0.3, 0.4) is 0 Å².